The number of rotatable bonds is 6. The van der Waals surface area contributed by atoms with E-state index in [-0.39, 0.29) is 18.9 Å². The summed E-state index contributed by atoms with van der Waals surface area (Å²) in [5, 5.41) is 8.95. The lowest BCUT2D eigenvalue weighted by Gasteiger charge is -2.34. The van der Waals surface area contributed by atoms with Crippen LogP contribution in [-0.4, -0.2) is 41.1 Å². The summed E-state index contributed by atoms with van der Waals surface area (Å²) in [5.41, 5.74) is 0.425. The molecule has 0 atom stereocenters. The summed E-state index contributed by atoms with van der Waals surface area (Å²) in [6.45, 7) is 5.21. The number of amides is 1. The van der Waals surface area contributed by atoms with Gasteiger partial charge in [0.05, 0.1) is 7.11 Å². The number of aliphatic carboxylic acids is 1. The van der Waals surface area contributed by atoms with Crippen LogP contribution in [0.5, 0.6) is 5.75 Å². The summed E-state index contributed by atoms with van der Waals surface area (Å²) in [7, 11) is 1.59. The van der Waals surface area contributed by atoms with Crippen LogP contribution in [0.1, 0.15) is 32.8 Å². The van der Waals surface area contributed by atoms with Gasteiger partial charge in [0.1, 0.15) is 12.3 Å². The molecule has 1 amide bonds. The molecule has 0 radical (unpaired) electrons. The summed E-state index contributed by atoms with van der Waals surface area (Å²) in [4.78, 5) is 24.6. The van der Waals surface area contributed by atoms with Crippen LogP contribution in [-0.2, 0) is 16.0 Å². The molecule has 0 saturated heterocycles. The summed E-state index contributed by atoms with van der Waals surface area (Å²) in [6.07, 6.45) is 0.778. The summed E-state index contributed by atoms with van der Waals surface area (Å²) in [5.74, 6) is -0.433. The zero-order valence-corrected chi connectivity index (χ0v) is 13.0. The van der Waals surface area contributed by atoms with Gasteiger partial charge in [-0.05, 0) is 38.8 Å². The van der Waals surface area contributed by atoms with E-state index >= 15 is 0 Å². The molecule has 0 heterocycles. The maximum atomic E-state index is 12.3. The van der Waals surface area contributed by atoms with E-state index in [4.69, 9.17) is 9.84 Å². The van der Waals surface area contributed by atoms with Crippen LogP contribution in [0.15, 0.2) is 24.3 Å². The average Bonchev–Trinajstić information content (AvgIpc) is 2.41. The van der Waals surface area contributed by atoms with E-state index in [0.29, 0.717) is 6.42 Å². The minimum atomic E-state index is -1.00. The van der Waals surface area contributed by atoms with Crippen molar-refractivity contribution >= 4 is 11.9 Å². The highest BCUT2D eigenvalue weighted by atomic mass is 16.5. The zero-order chi connectivity index (χ0) is 16.0. The number of ether oxygens (including phenoxy) is 1. The van der Waals surface area contributed by atoms with Gasteiger partial charge in [0, 0.05) is 12.0 Å². The van der Waals surface area contributed by atoms with Crippen LogP contribution in [0, 0.1) is 0 Å². The molecule has 1 aromatic rings. The molecule has 0 aromatic heterocycles. The maximum Gasteiger partial charge on any atom is 0.323 e. The fraction of sp³-hybridized carbons (Fsp3) is 0.500. The maximum absolute atomic E-state index is 12.3. The van der Waals surface area contributed by atoms with Crippen LogP contribution in [0.25, 0.3) is 0 Å². The fourth-order valence-electron chi connectivity index (χ4n) is 2.12. The quantitative estimate of drug-likeness (QED) is 0.874. The Bertz CT molecular complexity index is 505. The van der Waals surface area contributed by atoms with Crippen LogP contribution in [0.4, 0.5) is 0 Å². The van der Waals surface area contributed by atoms with Crippen LogP contribution >= 0.6 is 0 Å². The summed E-state index contributed by atoms with van der Waals surface area (Å²) in [6, 6.07) is 7.51. The third kappa shape index (κ3) is 5.10. The molecule has 1 rings (SSSR count). The predicted octanol–water partition coefficient (Wildman–Crippen LogP) is 2.34. The Morgan fingerprint density at radius 1 is 1.24 bits per heavy atom. The first-order valence-electron chi connectivity index (χ1n) is 6.90. The fourth-order valence-corrected chi connectivity index (χ4v) is 2.12. The van der Waals surface area contributed by atoms with Gasteiger partial charge in [0.2, 0.25) is 5.91 Å². The average molecular weight is 293 g/mol. The number of aryl methyl sites for hydroxylation is 1. The van der Waals surface area contributed by atoms with Crippen molar-refractivity contribution in [1.29, 1.82) is 0 Å². The molecule has 1 N–H and O–H groups in total. The first-order chi connectivity index (χ1) is 9.75. The van der Waals surface area contributed by atoms with Crippen LogP contribution < -0.4 is 4.74 Å². The first-order valence-corrected chi connectivity index (χ1v) is 6.90. The highest BCUT2D eigenvalue weighted by Crippen LogP contribution is 2.21. The number of carbonyl (C=O) groups is 2. The van der Waals surface area contributed by atoms with Gasteiger partial charge >= 0.3 is 5.97 Å². The van der Waals surface area contributed by atoms with E-state index in [1.807, 2.05) is 45.0 Å². The van der Waals surface area contributed by atoms with Crippen molar-refractivity contribution < 1.29 is 19.4 Å². The molecule has 21 heavy (non-hydrogen) atoms. The smallest absolute Gasteiger partial charge is 0.323 e. The molecule has 0 spiro atoms. The van der Waals surface area contributed by atoms with E-state index < -0.39 is 11.5 Å². The van der Waals surface area contributed by atoms with Crippen LogP contribution in [0.2, 0.25) is 0 Å². The minimum absolute atomic E-state index is 0.171. The molecule has 116 valence electrons. The largest absolute Gasteiger partial charge is 0.496 e. The molecule has 0 unspecified atom stereocenters. The van der Waals surface area contributed by atoms with E-state index in [1.54, 1.807) is 7.11 Å². The molecule has 0 aliphatic rings. The zero-order valence-electron chi connectivity index (χ0n) is 13.0. The lowest BCUT2D eigenvalue weighted by molar-refractivity contribution is -0.148. The standard InChI is InChI=1S/C16H23NO4/c1-16(2,3)17(11-15(19)20)14(18)10-9-12-7-5-6-8-13(12)21-4/h5-8H,9-11H2,1-4H3,(H,19,20). The van der Waals surface area contributed by atoms with Crippen molar-refractivity contribution in [2.75, 3.05) is 13.7 Å². The minimum Gasteiger partial charge on any atom is -0.496 e. The molecular formula is C16H23NO4. The number of benzene rings is 1. The highest BCUT2D eigenvalue weighted by molar-refractivity contribution is 5.82. The van der Waals surface area contributed by atoms with Crippen molar-refractivity contribution in [1.82, 2.24) is 4.90 Å². The third-order valence-corrected chi connectivity index (χ3v) is 3.20. The van der Waals surface area contributed by atoms with Crippen molar-refractivity contribution in [3.05, 3.63) is 29.8 Å². The van der Waals surface area contributed by atoms with Gasteiger partial charge in [-0.15, -0.1) is 0 Å². The number of carboxylic acid groups (broad SMARTS) is 1. The Morgan fingerprint density at radius 3 is 2.38 bits per heavy atom. The Kier molecular flexibility index (Phi) is 5.76. The topological polar surface area (TPSA) is 66.8 Å². The predicted molar refractivity (Wildman–Crippen MR) is 80.4 cm³/mol. The number of hydrogen-bond acceptors (Lipinski definition) is 3. The number of nitrogens with zero attached hydrogens (tertiary/aromatic N) is 1. The third-order valence-electron chi connectivity index (χ3n) is 3.20. The number of carbonyl (C=O) groups excluding carboxylic acids is 1. The van der Waals surface area contributed by atoms with Gasteiger partial charge in [-0.3, -0.25) is 9.59 Å². The van der Waals surface area contributed by atoms with E-state index in [2.05, 4.69) is 0 Å². The molecule has 0 aliphatic carbocycles. The Hall–Kier alpha value is -2.04. The van der Waals surface area contributed by atoms with Crippen molar-refractivity contribution in [3.63, 3.8) is 0 Å². The Labute approximate surface area is 125 Å². The molecule has 1 aromatic carbocycles. The molecule has 0 aliphatic heterocycles. The van der Waals surface area contributed by atoms with Gasteiger partial charge in [-0.25, -0.2) is 0 Å². The lowest BCUT2D eigenvalue weighted by atomic mass is 10.0. The van der Waals surface area contributed by atoms with E-state index in [9.17, 15) is 9.59 Å². The first kappa shape index (κ1) is 17.0. The molecule has 5 heteroatoms. The second kappa shape index (κ2) is 7.11. The van der Waals surface area contributed by atoms with E-state index in [1.165, 1.54) is 4.90 Å². The molecule has 0 bridgehead atoms. The van der Waals surface area contributed by atoms with Gasteiger partial charge < -0.3 is 14.7 Å². The highest BCUT2D eigenvalue weighted by Gasteiger charge is 2.28. The van der Waals surface area contributed by atoms with Gasteiger partial charge in [-0.1, -0.05) is 18.2 Å². The van der Waals surface area contributed by atoms with Gasteiger partial charge in [0.25, 0.3) is 0 Å². The molecule has 0 fully saturated rings. The number of para-hydroxylation sites is 1. The molecule has 5 nitrogen and oxygen atoms in total. The Balaban J connectivity index is 2.76. The second-order valence-electron chi connectivity index (χ2n) is 5.86. The molecule has 0 saturated carbocycles. The lowest BCUT2D eigenvalue weighted by Crippen LogP contribution is -2.48. The second-order valence-corrected chi connectivity index (χ2v) is 5.86. The summed E-state index contributed by atoms with van der Waals surface area (Å²) >= 11 is 0. The number of carboxylic acids is 1. The Morgan fingerprint density at radius 2 is 1.86 bits per heavy atom. The monoisotopic (exact) mass is 293 g/mol. The van der Waals surface area contributed by atoms with Crippen molar-refractivity contribution in [3.8, 4) is 5.75 Å². The SMILES string of the molecule is COc1ccccc1CCC(=O)N(CC(=O)O)C(C)(C)C. The van der Waals surface area contributed by atoms with Gasteiger partial charge in [-0.2, -0.15) is 0 Å². The van der Waals surface area contributed by atoms with Gasteiger partial charge in [0.15, 0.2) is 0 Å². The number of methoxy groups -OCH3 is 1. The molecular weight excluding hydrogens is 270 g/mol. The normalized spacial score (nSPS) is 11.0. The van der Waals surface area contributed by atoms with Crippen LogP contribution in [0.3, 0.4) is 0 Å². The summed E-state index contributed by atoms with van der Waals surface area (Å²) < 4.78 is 5.25. The van der Waals surface area contributed by atoms with E-state index in [0.717, 1.165) is 11.3 Å². The number of hydrogen-bond donors (Lipinski definition) is 1. The van der Waals surface area contributed by atoms with Crippen molar-refractivity contribution in [2.24, 2.45) is 0 Å². The van der Waals surface area contributed by atoms with Crippen molar-refractivity contribution in [2.45, 2.75) is 39.2 Å².